The third-order valence-corrected chi connectivity index (χ3v) is 3.62. The van der Waals surface area contributed by atoms with Gasteiger partial charge in [-0.2, -0.15) is 0 Å². The van der Waals surface area contributed by atoms with Gasteiger partial charge >= 0.3 is 5.97 Å². The molecule has 112 valence electrons. The van der Waals surface area contributed by atoms with E-state index in [4.69, 9.17) is 0 Å². The lowest BCUT2D eigenvalue weighted by Gasteiger charge is -2.31. The normalized spacial score (nSPS) is 17.2. The summed E-state index contributed by atoms with van der Waals surface area (Å²) >= 11 is 0. The molecule has 5 nitrogen and oxygen atoms in total. The number of ketones is 1. The Morgan fingerprint density at radius 2 is 2.10 bits per heavy atom. The van der Waals surface area contributed by atoms with Crippen LogP contribution < -0.4 is 4.90 Å². The van der Waals surface area contributed by atoms with Crippen molar-refractivity contribution >= 4 is 17.4 Å². The fourth-order valence-electron chi connectivity index (χ4n) is 2.60. The van der Waals surface area contributed by atoms with Crippen molar-refractivity contribution in [3.05, 3.63) is 41.1 Å². The minimum Gasteiger partial charge on any atom is -0.478 e. The van der Waals surface area contributed by atoms with E-state index in [0.717, 1.165) is 16.8 Å². The molecule has 1 heterocycles. The molecule has 0 bridgehead atoms. The number of anilines is 1. The summed E-state index contributed by atoms with van der Waals surface area (Å²) in [6.07, 6.45) is 2.29. The first kappa shape index (κ1) is 15.1. The molecule has 0 aromatic heterocycles. The topological polar surface area (TPSA) is 60.9 Å². The summed E-state index contributed by atoms with van der Waals surface area (Å²) in [5.74, 6) is -0.765. The minimum atomic E-state index is -0.925. The number of benzene rings is 1. The number of nitrogens with zero attached hydrogens (tertiary/aromatic N) is 2. The van der Waals surface area contributed by atoms with Gasteiger partial charge in [0.15, 0.2) is 5.78 Å². The smallest absolute Gasteiger partial charge is 0.336 e. The Kier molecular flexibility index (Phi) is 4.31. The zero-order valence-electron chi connectivity index (χ0n) is 12.6. The number of carbonyl (C=O) groups is 2. The number of piperidine rings is 1. The van der Waals surface area contributed by atoms with Crippen LogP contribution in [0, 0.1) is 6.92 Å². The second kappa shape index (κ2) is 5.99. The summed E-state index contributed by atoms with van der Waals surface area (Å²) in [6.45, 7) is 2.94. The van der Waals surface area contributed by atoms with Crippen LogP contribution in [-0.2, 0) is 4.79 Å². The summed E-state index contributed by atoms with van der Waals surface area (Å²) in [5, 5.41) is 9.21. The van der Waals surface area contributed by atoms with Crippen LogP contribution in [-0.4, -0.2) is 48.9 Å². The summed E-state index contributed by atoms with van der Waals surface area (Å²) in [5.41, 5.74) is 2.68. The van der Waals surface area contributed by atoms with Crippen LogP contribution in [0.15, 0.2) is 30.0 Å². The number of carboxylic acids is 1. The average Bonchev–Trinajstić information content (AvgIpc) is 2.41. The SMILES string of the molecule is Cc1c(C(=O)O)cccc1N1CCC(=O)/C(=C/N(C)C)C1. The molecule has 1 aromatic rings. The van der Waals surface area contributed by atoms with Crippen LogP contribution in [0.1, 0.15) is 22.3 Å². The van der Waals surface area contributed by atoms with Crippen molar-refractivity contribution in [2.75, 3.05) is 32.1 Å². The number of hydrogen-bond acceptors (Lipinski definition) is 4. The maximum atomic E-state index is 12.0. The first-order valence-electron chi connectivity index (χ1n) is 6.88. The lowest BCUT2D eigenvalue weighted by atomic mass is 10.0. The lowest BCUT2D eigenvalue weighted by molar-refractivity contribution is -0.116. The molecule has 0 atom stereocenters. The van der Waals surface area contributed by atoms with E-state index >= 15 is 0 Å². The van der Waals surface area contributed by atoms with Crippen LogP contribution >= 0.6 is 0 Å². The number of hydrogen-bond donors (Lipinski definition) is 1. The van der Waals surface area contributed by atoms with Gasteiger partial charge in [-0.05, 0) is 24.6 Å². The van der Waals surface area contributed by atoms with Gasteiger partial charge in [0.05, 0.1) is 5.56 Å². The fraction of sp³-hybridized carbons (Fsp3) is 0.375. The van der Waals surface area contributed by atoms with Crippen LogP contribution in [0.3, 0.4) is 0 Å². The van der Waals surface area contributed by atoms with Crippen LogP contribution in [0.2, 0.25) is 0 Å². The Labute approximate surface area is 124 Å². The van der Waals surface area contributed by atoms with Crippen LogP contribution in [0.4, 0.5) is 5.69 Å². The molecule has 1 aliphatic heterocycles. The third kappa shape index (κ3) is 3.24. The van der Waals surface area contributed by atoms with Gasteiger partial charge in [-0.25, -0.2) is 4.79 Å². The largest absolute Gasteiger partial charge is 0.478 e. The standard InChI is InChI=1S/C16H20N2O3/c1-11-13(16(20)21)5-4-6-14(11)18-8-7-15(19)12(10-18)9-17(2)3/h4-6,9H,7-8,10H2,1-3H3,(H,20,21)/b12-9+. The minimum absolute atomic E-state index is 0.159. The summed E-state index contributed by atoms with van der Waals surface area (Å²) < 4.78 is 0. The molecule has 0 saturated carbocycles. The zero-order valence-corrected chi connectivity index (χ0v) is 12.6. The molecule has 1 aromatic carbocycles. The first-order valence-corrected chi connectivity index (χ1v) is 6.88. The molecule has 21 heavy (non-hydrogen) atoms. The number of Topliss-reactive ketones (excluding diaryl/α,β-unsaturated/α-hetero) is 1. The van der Waals surface area contributed by atoms with Gasteiger partial charge in [-0.3, -0.25) is 4.79 Å². The summed E-state index contributed by atoms with van der Waals surface area (Å²) in [6, 6.07) is 5.26. The molecule has 0 spiro atoms. The van der Waals surface area contributed by atoms with Crippen molar-refractivity contribution in [2.45, 2.75) is 13.3 Å². The van der Waals surface area contributed by atoms with Crippen molar-refractivity contribution in [1.82, 2.24) is 4.90 Å². The summed E-state index contributed by atoms with van der Waals surface area (Å²) in [7, 11) is 3.77. The number of carboxylic acid groups (broad SMARTS) is 1. The van der Waals surface area contributed by atoms with Crippen molar-refractivity contribution < 1.29 is 14.7 Å². The first-order chi connectivity index (χ1) is 9.90. The van der Waals surface area contributed by atoms with E-state index in [1.54, 1.807) is 12.1 Å². The maximum Gasteiger partial charge on any atom is 0.336 e. The van der Waals surface area contributed by atoms with E-state index in [-0.39, 0.29) is 5.78 Å². The predicted octanol–water partition coefficient (Wildman–Crippen LogP) is 1.92. The number of aromatic carboxylic acids is 1. The van der Waals surface area contributed by atoms with Gasteiger partial charge in [-0.15, -0.1) is 0 Å². The molecule has 1 N–H and O–H groups in total. The molecule has 5 heteroatoms. The molecule has 0 radical (unpaired) electrons. The van der Waals surface area contributed by atoms with Gasteiger partial charge in [0, 0.05) is 51.1 Å². The second-order valence-electron chi connectivity index (χ2n) is 5.47. The molecule has 1 fully saturated rings. The van der Waals surface area contributed by atoms with E-state index in [0.29, 0.717) is 25.1 Å². The highest BCUT2D eigenvalue weighted by Crippen LogP contribution is 2.27. The van der Waals surface area contributed by atoms with E-state index in [2.05, 4.69) is 4.90 Å². The number of carbonyl (C=O) groups excluding carboxylic acids is 1. The Morgan fingerprint density at radius 1 is 1.38 bits per heavy atom. The average molecular weight is 288 g/mol. The Hall–Kier alpha value is -2.30. The fourth-order valence-corrected chi connectivity index (χ4v) is 2.60. The highest BCUT2D eigenvalue weighted by molar-refractivity contribution is 5.98. The lowest BCUT2D eigenvalue weighted by Crippen LogP contribution is -2.37. The molecule has 1 aliphatic rings. The van der Waals surface area contributed by atoms with Gasteiger partial charge in [0.2, 0.25) is 0 Å². The predicted molar refractivity (Wildman–Crippen MR) is 81.7 cm³/mol. The molecule has 1 saturated heterocycles. The van der Waals surface area contributed by atoms with Crippen LogP contribution in [0.25, 0.3) is 0 Å². The Bertz CT molecular complexity index is 606. The number of rotatable bonds is 3. The van der Waals surface area contributed by atoms with E-state index in [9.17, 15) is 14.7 Å². The monoisotopic (exact) mass is 288 g/mol. The van der Waals surface area contributed by atoms with Crippen molar-refractivity contribution in [3.8, 4) is 0 Å². The highest BCUT2D eigenvalue weighted by atomic mass is 16.4. The van der Waals surface area contributed by atoms with Gasteiger partial charge < -0.3 is 14.9 Å². The summed E-state index contributed by atoms with van der Waals surface area (Å²) in [4.78, 5) is 27.1. The van der Waals surface area contributed by atoms with Crippen molar-refractivity contribution in [2.24, 2.45) is 0 Å². The Morgan fingerprint density at radius 3 is 2.71 bits per heavy atom. The molecule has 2 rings (SSSR count). The van der Waals surface area contributed by atoms with E-state index in [1.165, 1.54) is 0 Å². The molecule has 0 unspecified atom stereocenters. The third-order valence-electron chi connectivity index (χ3n) is 3.62. The molecular formula is C16H20N2O3. The molecule has 0 amide bonds. The zero-order chi connectivity index (χ0) is 15.6. The maximum absolute atomic E-state index is 12.0. The van der Waals surface area contributed by atoms with E-state index in [1.807, 2.05) is 38.2 Å². The quantitative estimate of drug-likeness (QED) is 0.861. The van der Waals surface area contributed by atoms with Crippen molar-refractivity contribution in [1.29, 1.82) is 0 Å². The van der Waals surface area contributed by atoms with Gasteiger partial charge in [0.1, 0.15) is 0 Å². The second-order valence-corrected chi connectivity index (χ2v) is 5.47. The van der Waals surface area contributed by atoms with Gasteiger partial charge in [-0.1, -0.05) is 6.07 Å². The molecule has 0 aliphatic carbocycles. The molecular weight excluding hydrogens is 268 g/mol. The van der Waals surface area contributed by atoms with Gasteiger partial charge in [0.25, 0.3) is 0 Å². The Balaban J connectivity index is 2.33. The van der Waals surface area contributed by atoms with Crippen LogP contribution in [0.5, 0.6) is 0 Å². The van der Waals surface area contributed by atoms with E-state index < -0.39 is 5.97 Å². The van der Waals surface area contributed by atoms with Crippen molar-refractivity contribution in [3.63, 3.8) is 0 Å². The highest BCUT2D eigenvalue weighted by Gasteiger charge is 2.24.